The quantitative estimate of drug-likeness (QED) is 0.261. The van der Waals surface area contributed by atoms with Gasteiger partial charge in [-0.1, -0.05) is 39.0 Å². The van der Waals surface area contributed by atoms with Gasteiger partial charge in [0.05, 0.1) is 19.5 Å². The molecule has 0 aromatic carbocycles. The van der Waals surface area contributed by atoms with Crippen LogP contribution >= 0.6 is 7.82 Å². The van der Waals surface area contributed by atoms with Gasteiger partial charge in [-0.3, -0.25) is 18.8 Å². The maximum atomic E-state index is 12.2. The van der Waals surface area contributed by atoms with Crippen LogP contribution in [0, 0.1) is 11.8 Å². The summed E-state index contributed by atoms with van der Waals surface area (Å²) in [6, 6.07) is -0.200. The largest absolute Gasteiger partial charge is 0.472 e. The number of aliphatic hydroxyl groups is 1. The van der Waals surface area contributed by atoms with Crippen LogP contribution in [0.15, 0.2) is 11.1 Å². The number of phosphoric acid groups is 1. The van der Waals surface area contributed by atoms with Gasteiger partial charge in [0.25, 0.3) is 5.56 Å². The van der Waals surface area contributed by atoms with E-state index >= 15 is 0 Å². The van der Waals surface area contributed by atoms with E-state index in [1.165, 1.54) is 19.2 Å². The molecule has 31 heavy (non-hydrogen) atoms. The zero-order valence-corrected chi connectivity index (χ0v) is 18.7. The Morgan fingerprint density at radius 2 is 2.03 bits per heavy atom. The summed E-state index contributed by atoms with van der Waals surface area (Å²) >= 11 is 0. The van der Waals surface area contributed by atoms with Gasteiger partial charge in [0.15, 0.2) is 11.2 Å². The summed E-state index contributed by atoms with van der Waals surface area (Å²) in [6.45, 7) is 2.16. The van der Waals surface area contributed by atoms with Crippen molar-refractivity contribution in [1.82, 2.24) is 19.5 Å². The number of nitrogens with zero attached hydrogens (tertiary/aromatic N) is 3. The van der Waals surface area contributed by atoms with Crippen molar-refractivity contribution in [2.45, 2.75) is 57.9 Å². The fraction of sp³-hybridized carbons (Fsp3) is 0.737. The summed E-state index contributed by atoms with van der Waals surface area (Å²) in [5.74, 6) is -0.392. The second-order valence-electron chi connectivity index (χ2n) is 8.05. The second kappa shape index (κ2) is 10.7. The highest BCUT2D eigenvalue weighted by atomic mass is 31.2. The molecule has 2 heterocycles. The van der Waals surface area contributed by atoms with Crippen LogP contribution in [0.1, 0.15) is 57.9 Å². The molecule has 0 bridgehead atoms. The number of nitrogens with one attached hydrogen (secondary N) is 1. The Labute approximate surface area is 180 Å². The molecule has 174 valence electrons. The number of imidazole rings is 1. The molecule has 0 saturated heterocycles. The maximum Gasteiger partial charge on any atom is 0.472 e. The molecular weight excluding hydrogens is 425 g/mol. The van der Waals surface area contributed by atoms with Crippen LogP contribution in [-0.4, -0.2) is 49.3 Å². The first-order valence-electron chi connectivity index (χ1n) is 10.8. The van der Waals surface area contributed by atoms with E-state index in [4.69, 9.17) is 14.8 Å². The van der Waals surface area contributed by atoms with E-state index in [2.05, 4.69) is 21.9 Å². The lowest BCUT2D eigenvalue weighted by Gasteiger charge is -2.44. The first-order valence-corrected chi connectivity index (χ1v) is 12.3. The fourth-order valence-corrected chi connectivity index (χ4v) is 4.82. The van der Waals surface area contributed by atoms with Gasteiger partial charge in [-0.15, -0.1) is 0 Å². The zero-order valence-electron chi connectivity index (χ0n) is 17.8. The van der Waals surface area contributed by atoms with Gasteiger partial charge in [0.1, 0.15) is 0 Å². The molecule has 4 unspecified atom stereocenters. The van der Waals surface area contributed by atoms with Gasteiger partial charge in [0.2, 0.25) is 5.95 Å². The van der Waals surface area contributed by atoms with Crippen LogP contribution < -0.4 is 11.3 Å². The van der Waals surface area contributed by atoms with E-state index in [1.54, 1.807) is 4.57 Å². The number of anilines is 1. The van der Waals surface area contributed by atoms with Crippen molar-refractivity contribution in [3.63, 3.8) is 0 Å². The maximum absolute atomic E-state index is 12.2. The molecule has 1 aliphatic carbocycles. The van der Waals surface area contributed by atoms with Crippen LogP contribution in [0.4, 0.5) is 5.95 Å². The second-order valence-corrected chi connectivity index (χ2v) is 9.50. The Kier molecular flexibility index (Phi) is 8.23. The molecule has 4 atom stereocenters. The number of aliphatic hydroxyl groups excluding tert-OH is 1. The third-order valence-electron chi connectivity index (χ3n) is 5.87. The van der Waals surface area contributed by atoms with Crippen LogP contribution in [0.5, 0.6) is 0 Å². The van der Waals surface area contributed by atoms with Gasteiger partial charge < -0.3 is 20.3 Å². The van der Waals surface area contributed by atoms with Crippen molar-refractivity contribution < 1.29 is 23.6 Å². The van der Waals surface area contributed by atoms with Crippen molar-refractivity contribution >= 4 is 24.9 Å². The SMILES string of the molecule is CCCCCCCCOP(=O)(O)OCC1C(CO)CC1n1cnc2c(=O)[nH]c(N)nc21. The van der Waals surface area contributed by atoms with Gasteiger partial charge in [0, 0.05) is 18.6 Å². The van der Waals surface area contributed by atoms with Crippen LogP contribution in [0.2, 0.25) is 0 Å². The Balaban J connectivity index is 1.56. The molecular formula is C19H32N5O6P. The number of phosphoric ester groups is 1. The minimum Gasteiger partial charge on any atom is -0.396 e. The van der Waals surface area contributed by atoms with Crippen molar-refractivity contribution in [3.8, 4) is 0 Å². The Morgan fingerprint density at radius 3 is 2.77 bits per heavy atom. The molecule has 3 rings (SSSR count). The molecule has 0 amide bonds. The third kappa shape index (κ3) is 5.93. The van der Waals surface area contributed by atoms with E-state index in [0.717, 1.165) is 19.3 Å². The number of nitrogens with two attached hydrogens (primary N) is 1. The van der Waals surface area contributed by atoms with Crippen molar-refractivity contribution in [2.75, 3.05) is 25.6 Å². The predicted octanol–water partition coefficient (Wildman–Crippen LogP) is 2.37. The van der Waals surface area contributed by atoms with Crippen LogP contribution in [0.3, 0.4) is 0 Å². The molecule has 1 fully saturated rings. The van der Waals surface area contributed by atoms with E-state index in [0.29, 0.717) is 18.5 Å². The first kappa shape index (κ1) is 23.9. The summed E-state index contributed by atoms with van der Waals surface area (Å²) in [6.07, 6.45) is 8.33. The fourth-order valence-electron chi connectivity index (χ4n) is 4.02. The van der Waals surface area contributed by atoms with Gasteiger partial charge in [-0.2, -0.15) is 4.98 Å². The lowest BCUT2D eigenvalue weighted by molar-refractivity contribution is -0.00824. The smallest absolute Gasteiger partial charge is 0.396 e. The van der Waals surface area contributed by atoms with Crippen LogP contribution in [0.25, 0.3) is 11.2 Å². The molecule has 11 nitrogen and oxygen atoms in total. The standard InChI is InChI=1S/C19H32N5O6P/c1-2-3-4-5-6-7-8-29-31(27,28)30-11-14-13(10-25)9-15(14)24-12-21-16-17(24)22-19(20)23-18(16)26/h12-15,25H,2-11H2,1H3,(H,27,28)(H3,20,22,23,26). The molecule has 1 aliphatic rings. The number of H-pyrrole nitrogens is 1. The highest BCUT2D eigenvalue weighted by Crippen LogP contribution is 2.50. The normalized spacial score (nSPS) is 23.0. The van der Waals surface area contributed by atoms with Crippen molar-refractivity contribution in [1.29, 1.82) is 0 Å². The predicted molar refractivity (Wildman–Crippen MR) is 115 cm³/mol. The van der Waals surface area contributed by atoms with Gasteiger partial charge in [-0.25, -0.2) is 9.55 Å². The Bertz CT molecular complexity index is 963. The number of unbranched alkanes of at least 4 members (excludes halogenated alkanes) is 5. The van der Waals surface area contributed by atoms with E-state index < -0.39 is 13.4 Å². The summed E-state index contributed by atoms with van der Waals surface area (Å²) < 4.78 is 24.3. The summed E-state index contributed by atoms with van der Waals surface area (Å²) in [5.41, 5.74) is 5.71. The molecule has 12 heteroatoms. The Morgan fingerprint density at radius 1 is 1.29 bits per heavy atom. The summed E-state index contributed by atoms with van der Waals surface area (Å²) in [5, 5.41) is 9.63. The monoisotopic (exact) mass is 457 g/mol. The van der Waals surface area contributed by atoms with E-state index in [1.807, 2.05) is 0 Å². The number of aromatic amines is 1. The molecule has 0 radical (unpaired) electrons. The van der Waals surface area contributed by atoms with Gasteiger partial charge >= 0.3 is 7.82 Å². The zero-order chi connectivity index (χ0) is 22.4. The topological polar surface area (TPSA) is 166 Å². The molecule has 5 N–H and O–H groups in total. The number of rotatable bonds is 13. The minimum atomic E-state index is -4.19. The van der Waals surface area contributed by atoms with E-state index in [9.17, 15) is 19.4 Å². The summed E-state index contributed by atoms with van der Waals surface area (Å²) in [4.78, 5) is 32.7. The molecule has 2 aromatic rings. The number of aromatic nitrogens is 4. The van der Waals surface area contributed by atoms with Crippen molar-refractivity contribution in [3.05, 3.63) is 16.7 Å². The highest BCUT2D eigenvalue weighted by Gasteiger charge is 2.44. The van der Waals surface area contributed by atoms with Gasteiger partial charge in [-0.05, 0) is 18.8 Å². The lowest BCUT2D eigenvalue weighted by atomic mass is 9.70. The molecule has 0 aliphatic heterocycles. The van der Waals surface area contributed by atoms with Crippen molar-refractivity contribution in [2.24, 2.45) is 11.8 Å². The van der Waals surface area contributed by atoms with Crippen LogP contribution in [-0.2, 0) is 13.6 Å². The third-order valence-corrected chi connectivity index (χ3v) is 6.85. The Hall–Kier alpha value is -1.78. The molecule has 2 aromatic heterocycles. The average molecular weight is 457 g/mol. The number of hydrogen-bond donors (Lipinski definition) is 4. The summed E-state index contributed by atoms with van der Waals surface area (Å²) in [7, 11) is -4.19. The molecule has 1 saturated carbocycles. The minimum absolute atomic E-state index is 0.0203. The first-order chi connectivity index (χ1) is 14.9. The number of nitrogen functional groups attached to an aromatic ring is 1. The number of hydrogen-bond acceptors (Lipinski definition) is 8. The lowest BCUT2D eigenvalue weighted by Crippen LogP contribution is -2.43. The highest BCUT2D eigenvalue weighted by molar-refractivity contribution is 7.47. The van der Waals surface area contributed by atoms with E-state index in [-0.39, 0.29) is 49.2 Å². The molecule has 0 spiro atoms. The average Bonchev–Trinajstić information content (AvgIpc) is 3.10. The number of fused-ring (bicyclic) bond motifs is 1.